The Kier molecular flexibility index (Phi) is 16.8. The molecule has 22 heavy (non-hydrogen) atoms. The van der Waals surface area contributed by atoms with Crippen LogP contribution in [0.25, 0.3) is 10.4 Å². The second kappa shape index (κ2) is 17.8. The van der Waals surface area contributed by atoms with Crippen molar-refractivity contribution in [3.05, 3.63) is 10.4 Å². The standard InChI is InChI=1S/C13H25N3O6/c1-13(17)12-22-11-10-21-9-8-20-7-6-19-5-4-18-3-2-15-16-14/h2-12H2,1H3. The van der Waals surface area contributed by atoms with Crippen LogP contribution in [0.1, 0.15) is 6.92 Å². The van der Waals surface area contributed by atoms with Gasteiger partial charge in [0.2, 0.25) is 0 Å². The van der Waals surface area contributed by atoms with Crippen molar-refractivity contribution in [2.24, 2.45) is 5.11 Å². The van der Waals surface area contributed by atoms with Crippen LogP contribution >= 0.6 is 0 Å². The largest absolute Gasteiger partial charge is 0.379 e. The van der Waals surface area contributed by atoms with Crippen molar-refractivity contribution in [1.29, 1.82) is 0 Å². The first-order valence-electron chi connectivity index (χ1n) is 7.16. The van der Waals surface area contributed by atoms with E-state index in [0.717, 1.165) is 0 Å². The normalized spacial score (nSPS) is 10.4. The van der Waals surface area contributed by atoms with Gasteiger partial charge in [-0.3, -0.25) is 4.79 Å². The van der Waals surface area contributed by atoms with E-state index in [2.05, 4.69) is 10.0 Å². The Balaban J connectivity index is 2.99. The van der Waals surface area contributed by atoms with Crippen LogP contribution in [0.2, 0.25) is 0 Å². The molecular weight excluding hydrogens is 294 g/mol. The molecule has 0 atom stereocenters. The van der Waals surface area contributed by atoms with Gasteiger partial charge in [0.25, 0.3) is 0 Å². The van der Waals surface area contributed by atoms with Crippen molar-refractivity contribution in [3.8, 4) is 0 Å². The Morgan fingerprint density at radius 3 is 1.64 bits per heavy atom. The summed E-state index contributed by atoms with van der Waals surface area (Å²) in [6, 6.07) is 0. The van der Waals surface area contributed by atoms with Crippen LogP contribution in [0, 0.1) is 0 Å². The van der Waals surface area contributed by atoms with E-state index in [1.54, 1.807) is 0 Å². The Morgan fingerprint density at radius 2 is 1.23 bits per heavy atom. The minimum absolute atomic E-state index is 0.00408. The molecule has 0 saturated carbocycles. The van der Waals surface area contributed by atoms with Crippen molar-refractivity contribution >= 4 is 5.78 Å². The van der Waals surface area contributed by atoms with Gasteiger partial charge in [0.15, 0.2) is 5.78 Å². The zero-order valence-electron chi connectivity index (χ0n) is 13.1. The number of nitrogens with zero attached hydrogens (tertiary/aromatic N) is 3. The Hall–Kier alpha value is -1.22. The predicted molar refractivity (Wildman–Crippen MR) is 78.8 cm³/mol. The maximum absolute atomic E-state index is 10.6. The molecule has 0 aliphatic rings. The van der Waals surface area contributed by atoms with Crippen LogP contribution in [0.15, 0.2) is 5.11 Å². The van der Waals surface area contributed by atoms with Gasteiger partial charge in [-0.1, -0.05) is 5.11 Å². The van der Waals surface area contributed by atoms with E-state index >= 15 is 0 Å². The molecule has 0 radical (unpaired) electrons. The van der Waals surface area contributed by atoms with E-state index in [4.69, 9.17) is 29.2 Å². The number of ether oxygens (including phenoxy) is 5. The average molecular weight is 319 g/mol. The Bertz CT molecular complexity index is 294. The second-order valence-corrected chi connectivity index (χ2v) is 4.16. The van der Waals surface area contributed by atoms with Crippen molar-refractivity contribution in [2.75, 3.05) is 72.6 Å². The highest BCUT2D eigenvalue weighted by atomic mass is 16.6. The van der Waals surface area contributed by atoms with Crippen molar-refractivity contribution in [2.45, 2.75) is 6.92 Å². The smallest absolute Gasteiger partial charge is 0.155 e. The van der Waals surface area contributed by atoms with E-state index in [0.29, 0.717) is 66.0 Å². The van der Waals surface area contributed by atoms with E-state index < -0.39 is 0 Å². The van der Waals surface area contributed by atoms with Gasteiger partial charge < -0.3 is 23.7 Å². The number of hydrogen-bond donors (Lipinski definition) is 0. The summed E-state index contributed by atoms with van der Waals surface area (Å²) in [5.41, 5.74) is 8.04. The molecule has 0 aromatic rings. The van der Waals surface area contributed by atoms with Crippen LogP contribution in [-0.4, -0.2) is 78.4 Å². The molecule has 0 spiro atoms. The first kappa shape index (κ1) is 20.8. The summed E-state index contributed by atoms with van der Waals surface area (Å²) >= 11 is 0. The van der Waals surface area contributed by atoms with Crippen LogP contribution < -0.4 is 0 Å². The lowest BCUT2D eigenvalue weighted by Crippen LogP contribution is -2.14. The topological polar surface area (TPSA) is 112 Å². The van der Waals surface area contributed by atoms with Crippen molar-refractivity contribution in [1.82, 2.24) is 0 Å². The predicted octanol–water partition coefficient (Wildman–Crippen LogP) is 0.969. The highest BCUT2D eigenvalue weighted by Gasteiger charge is 1.94. The summed E-state index contributed by atoms with van der Waals surface area (Å²) in [5, 5.41) is 3.34. The summed E-state index contributed by atoms with van der Waals surface area (Å²) in [6.07, 6.45) is 0. The van der Waals surface area contributed by atoms with Gasteiger partial charge >= 0.3 is 0 Å². The minimum atomic E-state index is 0.00408. The molecule has 0 heterocycles. The van der Waals surface area contributed by atoms with Gasteiger partial charge in [-0.25, -0.2) is 0 Å². The summed E-state index contributed by atoms with van der Waals surface area (Å²) in [7, 11) is 0. The van der Waals surface area contributed by atoms with Crippen LogP contribution in [0.3, 0.4) is 0 Å². The molecule has 0 aromatic carbocycles. The van der Waals surface area contributed by atoms with E-state index in [9.17, 15) is 4.79 Å². The summed E-state index contributed by atoms with van der Waals surface area (Å²) in [4.78, 5) is 13.2. The first-order valence-corrected chi connectivity index (χ1v) is 7.16. The van der Waals surface area contributed by atoms with E-state index in [1.165, 1.54) is 6.92 Å². The zero-order chi connectivity index (χ0) is 16.3. The third-order valence-electron chi connectivity index (χ3n) is 2.19. The number of carbonyl (C=O) groups is 1. The fourth-order valence-electron chi connectivity index (χ4n) is 1.25. The molecule has 0 bridgehead atoms. The molecule has 0 aliphatic heterocycles. The number of carbonyl (C=O) groups excluding carboxylic acids is 1. The highest BCUT2D eigenvalue weighted by molar-refractivity contribution is 5.76. The van der Waals surface area contributed by atoms with Crippen LogP contribution in [0.4, 0.5) is 0 Å². The third kappa shape index (κ3) is 18.8. The monoisotopic (exact) mass is 319 g/mol. The molecular formula is C13H25N3O6. The van der Waals surface area contributed by atoms with Gasteiger partial charge in [-0.2, -0.15) is 0 Å². The molecule has 0 unspecified atom stereocenters. The number of azide groups is 1. The molecule has 9 heteroatoms. The molecule has 9 nitrogen and oxygen atoms in total. The number of ketones is 1. The molecule has 0 aromatic heterocycles. The Morgan fingerprint density at radius 1 is 0.818 bits per heavy atom. The van der Waals surface area contributed by atoms with Gasteiger partial charge in [0.05, 0.1) is 59.5 Å². The second-order valence-electron chi connectivity index (χ2n) is 4.16. The lowest BCUT2D eigenvalue weighted by molar-refractivity contribution is -0.122. The lowest BCUT2D eigenvalue weighted by Gasteiger charge is -2.07. The summed E-state index contributed by atoms with van der Waals surface area (Å²) < 4.78 is 26.0. The quantitative estimate of drug-likeness (QED) is 0.171. The fraction of sp³-hybridized carbons (Fsp3) is 0.923. The van der Waals surface area contributed by atoms with Crippen LogP contribution in [-0.2, 0) is 28.5 Å². The van der Waals surface area contributed by atoms with Gasteiger partial charge in [-0.05, 0) is 12.5 Å². The molecule has 128 valence electrons. The molecule has 0 N–H and O–H groups in total. The number of Topliss-reactive ketones (excluding diaryl/α,β-unsaturated/α-hetero) is 1. The van der Waals surface area contributed by atoms with E-state index in [-0.39, 0.29) is 12.4 Å². The van der Waals surface area contributed by atoms with E-state index in [1.807, 2.05) is 0 Å². The third-order valence-corrected chi connectivity index (χ3v) is 2.19. The zero-order valence-corrected chi connectivity index (χ0v) is 13.1. The summed E-state index contributed by atoms with van der Waals surface area (Å²) in [6.45, 7) is 6.07. The molecule has 0 rings (SSSR count). The van der Waals surface area contributed by atoms with Gasteiger partial charge in [-0.15, -0.1) is 0 Å². The SMILES string of the molecule is CC(=O)COCCOCCOCCOCCOCCN=[N+]=[N-]. The number of hydrogen-bond acceptors (Lipinski definition) is 7. The van der Waals surface area contributed by atoms with Crippen molar-refractivity contribution in [3.63, 3.8) is 0 Å². The lowest BCUT2D eigenvalue weighted by atomic mass is 10.5. The van der Waals surface area contributed by atoms with Gasteiger partial charge in [0, 0.05) is 11.5 Å². The first-order chi connectivity index (χ1) is 10.8. The number of rotatable bonds is 17. The highest BCUT2D eigenvalue weighted by Crippen LogP contribution is 1.84. The fourth-order valence-corrected chi connectivity index (χ4v) is 1.25. The molecule has 0 amide bonds. The Labute approximate surface area is 130 Å². The average Bonchev–Trinajstić information content (AvgIpc) is 2.50. The minimum Gasteiger partial charge on any atom is -0.379 e. The van der Waals surface area contributed by atoms with Gasteiger partial charge in [0.1, 0.15) is 6.61 Å². The van der Waals surface area contributed by atoms with Crippen LogP contribution in [0.5, 0.6) is 0 Å². The molecule has 0 fully saturated rings. The molecule has 0 aliphatic carbocycles. The van der Waals surface area contributed by atoms with Crippen molar-refractivity contribution < 1.29 is 28.5 Å². The molecule has 0 saturated heterocycles. The maximum atomic E-state index is 10.6. The summed E-state index contributed by atoms with van der Waals surface area (Å²) in [5.74, 6) is 0.00408. The maximum Gasteiger partial charge on any atom is 0.155 e.